The van der Waals surface area contributed by atoms with Crippen LogP contribution < -0.4 is 5.73 Å². The molecule has 1 aliphatic heterocycles. The van der Waals surface area contributed by atoms with Gasteiger partial charge in [-0.3, -0.25) is 0 Å². The predicted molar refractivity (Wildman–Crippen MR) is 77.3 cm³/mol. The summed E-state index contributed by atoms with van der Waals surface area (Å²) in [5.74, 6) is 1.34. The van der Waals surface area contributed by atoms with Gasteiger partial charge in [0.1, 0.15) is 5.82 Å². The Morgan fingerprint density at radius 3 is 2.63 bits per heavy atom. The number of rotatable bonds is 4. The Hall–Kier alpha value is -0.930. The summed E-state index contributed by atoms with van der Waals surface area (Å²) in [4.78, 5) is 2.50. The molecular weight excluding hydrogens is 239 g/mol. The van der Waals surface area contributed by atoms with Gasteiger partial charge in [0.15, 0.2) is 0 Å². The normalized spacial score (nSPS) is 26.3. The summed E-state index contributed by atoms with van der Waals surface area (Å²) in [7, 11) is 0. The molecule has 3 unspecified atom stereocenters. The lowest BCUT2D eigenvalue weighted by Gasteiger charge is -2.35. The van der Waals surface area contributed by atoms with Gasteiger partial charge in [-0.1, -0.05) is 26.0 Å². The highest BCUT2D eigenvalue weighted by molar-refractivity contribution is 5.19. The van der Waals surface area contributed by atoms with E-state index in [1.54, 1.807) is 12.1 Å². The summed E-state index contributed by atoms with van der Waals surface area (Å²) in [6.07, 6.45) is 2.22. The number of nitrogens with two attached hydrogens (primary N) is 1. The molecular formula is C16H25FN2. The fraction of sp³-hybridized carbons (Fsp3) is 0.625. The third-order valence-electron chi connectivity index (χ3n) is 3.98. The van der Waals surface area contributed by atoms with Crippen molar-refractivity contribution in [3.05, 3.63) is 35.6 Å². The van der Waals surface area contributed by atoms with Gasteiger partial charge in [-0.15, -0.1) is 0 Å². The van der Waals surface area contributed by atoms with Crippen LogP contribution in [0.15, 0.2) is 24.3 Å². The van der Waals surface area contributed by atoms with E-state index in [9.17, 15) is 4.39 Å². The first kappa shape index (κ1) is 14.5. The monoisotopic (exact) mass is 264 g/mol. The van der Waals surface area contributed by atoms with Gasteiger partial charge in [0.05, 0.1) is 0 Å². The van der Waals surface area contributed by atoms with Crippen molar-refractivity contribution < 1.29 is 4.39 Å². The highest BCUT2D eigenvalue weighted by Crippen LogP contribution is 2.22. The van der Waals surface area contributed by atoms with Crippen LogP contribution in [0.2, 0.25) is 0 Å². The molecule has 0 bridgehead atoms. The Kier molecular flexibility index (Phi) is 4.94. The molecule has 2 rings (SSSR count). The second-order valence-corrected chi connectivity index (χ2v) is 6.16. The van der Waals surface area contributed by atoms with Gasteiger partial charge in [0.25, 0.3) is 0 Å². The van der Waals surface area contributed by atoms with Crippen LogP contribution in [-0.4, -0.2) is 24.5 Å². The van der Waals surface area contributed by atoms with Crippen LogP contribution in [0.1, 0.15) is 38.3 Å². The smallest absolute Gasteiger partial charge is 0.123 e. The van der Waals surface area contributed by atoms with Crippen molar-refractivity contribution in [1.29, 1.82) is 0 Å². The largest absolute Gasteiger partial charge is 0.324 e. The molecule has 0 spiro atoms. The van der Waals surface area contributed by atoms with Crippen molar-refractivity contribution >= 4 is 0 Å². The van der Waals surface area contributed by atoms with Crippen LogP contribution in [0.3, 0.4) is 0 Å². The maximum Gasteiger partial charge on any atom is 0.123 e. The number of benzene rings is 1. The molecule has 0 saturated carbocycles. The predicted octanol–water partition coefficient (Wildman–Crippen LogP) is 3.19. The Labute approximate surface area is 115 Å². The first-order valence-electron chi connectivity index (χ1n) is 7.28. The minimum Gasteiger partial charge on any atom is -0.324 e. The van der Waals surface area contributed by atoms with E-state index < -0.39 is 0 Å². The molecule has 0 radical (unpaired) electrons. The molecule has 1 fully saturated rings. The summed E-state index contributed by atoms with van der Waals surface area (Å²) in [6.45, 7) is 7.97. The average molecular weight is 264 g/mol. The van der Waals surface area contributed by atoms with Crippen molar-refractivity contribution in [3.8, 4) is 0 Å². The van der Waals surface area contributed by atoms with E-state index in [0.29, 0.717) is 0 Å². The molecule has 19 heavy (non-hydrogen) atoms. The third-order valence-corrected chi connectivity index (χ3v) is 3.98. The van der Waals surface area contributed by atoms with Crippen molar-refractivity contribution in [2.75, 3.05) is 19.6 Å². The summed E-state index contributed by atoms with van der Waals surface area (Å²) < 4.78 is 13.2. The maximum absolute atomic E-state index is 13.2. The van der Waals surface area contributed by atoms with E-state index in [1.165, 1.54) is 25.6 Å². The van der Waals surface area contributed by atoms with Crippen LogP contribution in [0.25, 0.3) is 0 Å². The van der Waals surface area contributed by atoms with Crippen LogP contribution in [0.4, 0.5) is 4.39 Å². The number of hydrogen-bond acceptors (Lipinski definition) is 2. The Balaban J connectivity index is 1.84. The van der Waals surface area contributed by atoms with Gasteiger partial charge in [-0.25, -0.2) is 4.39 Å². The Morgan fingerprint density at radius 2 is 2.00 bits per heavy atom. The second kappa shape index (κ2) is 6.49. The topological polar surface area (TPSA) is 29.3 Å². The molecule has 0 amide bonds. The number of nitrogens with zero attached hydrogens (tertiary/aromatic N) is 1. The zero-order valence-corrected chi connectivity index (χ0v) is 12.0. The molecule has 1 aromatic rings. The highest BCUT2D eigenvalue weighted by Gasteiger charge is 2.21. The summed E-state index contributed by atoms with van der Waals surface area (Å²) in [6, 6.07) is 6.59. The van der Waals surface area contributed by atoms with E-state index in [4.69, 9.17) is 5.73 Å². The zero-order chi connectivity index (χ0) is 13.8. The SMILES string of the molecule is CC1CC(C)CN(CCC(N)c2cccc(F)c2)C1. The van der Waals surface area contributed by atoms with Crippen LogP contribution in [0, 0.1) is 17.7 Å². The zero-order valence-electron chi connectivity index (χ0n) is 12.0. The molecule has 1 aromatic carbocycles. The summed E-state index contributed by atoms with van der Waals surface area (Å²) in [5.41, 5.74) is 7.06. The average Bonchev–Trinajstić information content (AvgIpc) is 2.35. The summed E-state index contributed by atoms with van der Waals surface area (Å²) in [5, 5.41) is 0. The highest BCUT2D eigenvalue weighted by atomic mass is 19.1. The van der Waals surface area contributed by atoms with Crippen molar-refractivity contribution in [1.82, 2.24) is 4.90 Å². The van der Waals surface area contributed by atoms with Gasteiger partial charge in [0, 0.05) is 19.1 Å². The van der Waals surface area contributed by atoms with Gasteiger partial charge < -0.3 is 10.6 Å². The first-order chi connectivity index (χ1) is 9.04. The number of piperidine rings is 1. The summed E-state index contributed by atoms with van der Waals surface area (Å²) >= 11 is 0. The molecule has 2 nitrogen and oxygen atoms in total. The van der Waals surface area contributed by atoms with Crippen molar-refractivity contribution in [3.63, 3.8) is 0 Å². The minimum atomic E-state index is -0.201. The molecule has 0 aromatic heterocycles. The minimum absolute atomic E-state index is 0.0664. The van der Waals surface area contributed by atoms with E-state index in [-0.39, 0.29) is 11.9 Å². The van der Waals surface area contributed by atoms with Crippen LogP contribution in [-0.2, 0) is 0 Å². The number of halogens is 1. The molecule has 1 saturated heterocycles. The third kappa shape index (κ3) is 4.29. The fourth-order valence-electron chi connectivity index (χ4n) is 3.20. The van der Waals surface area contributed by atoms with Gasteiger partial charge >= 0.3 is 0 Å². The van der Waals surface area contributed by atoms with E-state index in [1.807, 2.05) is 6.07 Å². The standard InChI is InChI=1S/C16H25FN2/c1-12-8-13(2)11-19(10-12)7-6-16(18)14-4-3-5-15(17)9-14/h3-5,9,12-13,16H,6-8,10-11,18H2,1-2H3. The number of hydrogen-bond donors (Lipinski definition) is 1. The van der Waals surface area contributed by atoms with Gasteiger partial charge in [0.2, 0.25) is 0 Å². The molecule has 3 heteroatoms. The molecule has 2 N–H and O–H groups in total. The van der Waals surface area contributed by atoms with Gasteiger partial charge in [-0.05, 0) is 48.9 Å². The van der Waals surface area contributed by atoms with Crippen molar-refractivity contribution in [2.24, 2.45) is 17.6 Å². The van der Waals surface area contributed by atoms with Crippen molar-refractivity contribution in [2.45, 2.75) is 32.7 Å². The Bertz CT molecular complexity index is 397. The van der Waals surface area contributed by atoms with Crippen LogP contribution >= 0.6 is 0 Å². The molecule has 0 aliphatic carbocycles. The van der Waals surface area contributed by atoms with E-state index in [0.717, 1.165) is 30.4 Å². The molecule has 1 aliphatic rings. The van der Waals surface area contributed by atoms with E-state index in [2.05, 4.69) is 18.7 Å². The van der Waals surface area contributed by atoms with Crippen LogP contribution in [0.5, 0.6) is 0 Å². The maximum atomic E-state index is 13.2. The van der Waals surface area contributed by atoms with Gasteiger partial charge in [-0.2, -0.15) is 0 Å². The van der Waals surface area contributed by atoms with E-state index >= 15 is 0 Å². The lowest BCUT2D eigenvalue weighted by Crippen LogP contribution is -2.39. The fourth-order valence-corrected chi connectivity index (χ4v) is 3.20. The number of likely N-dealkylation sites (tertiary alicyclic amines) is 1. The molecule has 1 heterocycles. The quantitative estimate of drug-likeness (QED) is 0.905. The Morgan fingerprint density at radius 1 is 1.32 bits per heavy atom. The molecule has 3 atom stereocenters. The molecule has 106 valence electrons. The lowest BCUT2D eigenvalue weighted by atomic mass is 9.91. The lowest BCUT2D eigenvalue weighted by molar-refractivity contribution is 0.137. The first-order valence-corrected chi connectivity index (χ1v) is 7.28. The second-order valence-electron chi connectivity index (χ2n) is 6.16.